The van der Waals surface area contributed by atoms with Crippen molar-refractivity contribution in [2.75, 3.05) is 20.2 Å². The number of rotatable bonds is 3. The van der Waals surface area contributed by atoms with Crippen LogP contribution in [0.5, 0.6) is 5.75 Å². The van der Waals surface area contributed by atoms with Gasteiger partial charge in [-0.1, -0.05) is 24.0 Å². The van der Waals surface area contributed by atoms with Crippen LogP contribution in [0.15, 0.2) is 18.2 Å². The molecular weight excluding hydrogens is 186 g/mol. The van der Waals surface area contributed by atoms with Crippen molar-refractivity contribution in [3.8, 4) is 17.6 Å². The predicted molar refractivity (Wildman–Crippen MR) is 63.1 cm³/mol. The average Bonchev–Trinajstić information content (AvgIpc) is 2.24. The molecule has 80 valence electrons. The fourth-order valence-corrected chi connectivity index (χ4v) is 1.20. The Balaban J connectivity index is 2.52. The van der Waals surface area contributed by atoms with Gasteiger partial charge in [0, 0.05) is 0 Å². The number of nitrogens with one attached hydrogen (secondary N) is 1. The molecule has 0 amide bonds. The summed E-state index contributed by atoms with van der Waals surface area (Å²) in [5, 5.41) is 2.96. The van der Waals surface area contributed by atoms with Gasteiger partial charge in [-0.2, -0.15) is 0 Å². The van der Waals surface area contributed by atoms with Gasteiger partial charge in [-0.15, -0.1) is 0 Å². The van der Waals surface area contributed by atoms with Crippen LogP contribution in [0.4, 0.5) is 0 Å². The minimum Gasteiger partial charge on any atom is -0.481 e. The Hall–Kier alpha value is -1.46. The highest BCUT2D eigenvalue weighted by molar-refractivity contribution is 5.38. The van der Waals surface area contributed by atoms with Crippen molar-refractivity contribution in [1.82, 2.24) is 5.32 Å². The van der Waals surface area contributed by atoms with Gasteiger partial charge < -0.3 is 10.1 Å². The zero-order chi connectivity index (χ0) is 11.1. The normalized spacial score (nSPS) is 9.27. The second-order valence-corrected chi connectivity index (χ2v) is 3.37. The minimum atomic E-state index is 0.450. The lowest BCUT2D eigenvalue weighted by molar-refractivity contribution is 0.367. The van der Waals surface area contributed by atoms with Crippen molar-refractivity contribution >= 4 is 0 Å². The molecule has 1 N–H and O–H groups in total. The van der Waals surface area contributed by atoms with Crippen LogP contribution in [-0.4, -0.2) is 20.2 Å². The van der Waals surface area contributed by atoms with Gasteiger partial charge in [0.25, 0.3) is 0 Å². The molecule has 0 aliphatic carbocycles. The first-order valence-electron chi connectivity index (χ1n) is 5.05. The first-order valence-corrected chi connectivity index (χ1v) is 5.05. The van der Waals surface area contributed by atoms with E-state index in [0.717, 1.165) is 5.75 Å². The van der Waals surface area contributed by atoms with Crippen LogP contribution in [-0.2, 0) is 0 Å². The summed E-state index contributed by atoms with van der Waals surface area (Å²) < 4.78 is 5.56. The first-order chi connectivity index (χ1) is 7.25. The molecule has 0 unspecified atom stereocenters. The maximum absolute atomic E-state index is 5.56. The van der Waals surface area contributed by atoms with E-state index in [0.29, 0.717) is 13.2 Å². The number of hydrogen-bond acceptors (Lipinski definition) is 2. The maximum Gasteiger partial charge on any atom is 0.149 e. The molecule has 0 heterocycles. The van der Waals surface area contributed by atoms with E-state index in [-0.39, 0.29) is 0 Å². The first kappa shape index (κ1) is 11.6. The van der Waals surface area contributed by atoms with Gasteiger partial charge in [0.05, 0.1) is 6.54 Å². The molecule has 1 rings (SSSR count). The predicted octanol–water partition coefficient (Wildman–Crippen LogP) is 1.91. The molecular formula is C13H17NO. The van der Waals surface area contributed by atoms with Gasteiger partial charge in [0.1, 0.15) is 12.4 Å². The Bertz CT molecular complexity index is 374. The van der Waals surface area contributed by atoms with Gasteiger partial charge in [-0.05, 0) is 38.1 Å². The molecule has 15 heavy (non-hydrogen) atoms. The van der Waals surface area contributed by atoms with Gasteiger partial charge in [-0.25, -0.2) is 0 Å². The van der Waals surface area contributed by atoms with E-state index >= 15 is 0 Å². The Morgan fingerprint density at radius 2 is 2.07 bits per heavy atom. The van der Waals surface area contributed by atoms with E-state index in [1.54, 1.807) is 0 Å². The third-order valence-electron chi connectivity index (χ3n) is 2.24. The molecule has 0 radical (unpaired) electrons. The van der Waals surface area contributed by atoms with E-state index in [4.69, 9.17) is 4.74 Å². The Morgan fingerprint density at radius 3 is 2.80 bits per heavy atom. The highest BCUT2D eigenvalue weighted by atomic mass is 16.5. The molecule has 0 aromatic heterocycles. The van der Waals surface area contributed by atoms with Crippen LogP contribution in [0.3, 0.4) is 0 Å². The summed E-state index contributed by atoms with van der Waals surface area (Å²) in [5.74, 6) is 6.82. The van der Waals surface area contributed by atoms with E-state index in [1.165, 1.54) is 11.1 Å². The maximum atomic E-state index is 5.56. The summed E-state index contributed by atoms with van der Waals surface area (Å²) in [5.41, 5.74) is 2.43. The van der Waals surface area contributed by atoms with Gasteiger partial charge in [-0.3, -0.25) is 0 Å². The molecule has 2 nitrogen and oxygen atoms in total. The van der Waals surface area contributed by atoms with Crippen molar-refractivity contribution in [2.45, 2.75) is 13.8 Å². The molecule has 0 saturated heterocycles. The van der Waals surface area contributed by atoms with Gasteiger partial charge in [0.15, 0.2) is 0 Å². The highest BCUT2D eigenvalue weighted by Gasteiger charge is 1.99. The summed E-state index contributed by atoms with van der Waals surface area (Å²) in [6.07, 6.45) is 0. The summed E-state index contributed by atoms with van der Waals surface area (Å²) in [4.78, 5) is 0. The van der Waals surface area contributed by atoms with Crippen LogP contribution in [0.25, 0.3) is 0 Å². The van der Waals surface area contributed by atoms with E-state index in [2.05, 4.69) is 37.1 Å². The van der Waals surface area contributed by atoms with Gasteiger partial charge in [0.2, 0.25) is 0 Å². The molecule has 0 bridgehead atoms. The van der Waals surface area contributed by atoms with E-state index in [9.17, 15) is 0 Å². The number of benzene rings is 1. The fourth-order valence-electron chi connectivity index (χ4n) is 1.20. The SMILES string of the molecule is CNCC#CCOc1cccc(C)c1C. The van der Waals surface area contributed by atoms with Gasteiger partial charge >= 0.3 is 0 Å². The largest absolute Gasteiger partial charge is 0.481 e. The molecule has 0 aliphatic rings. The van der Waals surface area contributed by atoms with Crippen LogP contribution >= 0.6 is 0 Å². The van der Waals surface area contributed by atoms with Crippen LogP contribution in [0, 0.1) is 25.7 Å². The van der Waals surface area contributed by atoms with Crippen molar-refractivity contribution in [2.24, 2.45) is 0 Å². The topological polar surface area (TPSA) is 21.3 Å². The molecule has 0 fully saturated rings. The summed E-state index contributed by atoms with van der Waals surface area (Å²) in [6.45, 7) is 5.29. The smallest absolute Gasteiger partial charge is 0.149 e. The molecule has 1 aromatic rings. The van der Waals surface area contributed by atoms with Crippen molar-refractivity contribution in [3.05, 3.63) is 29.3 Å². The molecule has 0 aliphatic heterocycles. The third-order valence-corrected chi connectivity index (χ3v) is 2.24. The van der Waals surface area contributed by atoms with Crippen molar-refractivity contribution < 1.29 is 4.74 Å². The lowest BCUT2D eigenvalue weighted by atomic mass is 10.1. The number of hydrogen-bond donors (Lipinski definition) is 1. The number of aryl methyl sites for hydroxylation is 1. The Labute approximate surface area is 91.6 Å². The zero-order valence-corrected chi connectivity index (χ0v) is 9.55. The van der Waals surface area contributed by atoms with Crippen molar-refractivity contribution in [1.29, 1.82) is 0 Å². The average molecular weight is 203 g/mol. The van der Waals surface area contributed by atoms with Crippen LogP contribution in [0.1, 0.15) is 11.1 Å². The lowest BCUT2D eigenvalue weighted by Gasteiger charge is -2.07. The molecule has 2 heteroatoms. The standard InChI is InChI=1S/C13H17NO/c1-11-7-6-8-13(12(11)2)15-10-5-4-9-14-3/h6-8,14H,9-10H2,1-3H3. The van der Waals surface area contributed by atoms with Crippen molar-refractivity contribution in [3.63, 3.8) is 0 Å². The minimum absolute atomic E-state index is 0.450. The van der Waals surface area contributed by atoms with Crippen LogP contribution < -0.4 is 10.1 Å². The molecule has 1 aromatic carbocycles. The lowest BCUT2D eigenvalue weighted by Crippen LogP contribution is -2.05. The fraction of sp³-hybridized carbons (Fsp3) is 0.385. The van der Waals surface area contributed by atoms with E-state index < -0.39 is 0 Å². The Morgan fingerprint density at radius 1 is 1.27 bits per heavy atom. The third kappa shape index (κ3) is 3.65. The quantitative estimate of drug-likeness (QED) is 0.758. The summed E-state index contributed by atoms with van der Waals surface area (Å²) >= 11 is 0. The summed E-state index contributed by atoms with van der Waals surface area (Å²) in [7, 11) is 1.88. The molecule has 0 spiro atoms. The summed E-state index contributed by atoms with van der Waals surface area (Å²) in [6, 6.07) is 6.05. The second-order valence-electron chi connectivity index (χ2n) is 3.37. The second kappa shape index (κ2) is 6.10. The zero-order valence-electron chi connectivity index (χ0n) is 9.55. The highest BCUT2D eigenvalue weighted by Crippen LogP contribution is 2.19. The van der Waals surface area contributed by atoms with E-state index in [1.807, 2.05) is 19.2 Å². The number of ether oxygens (including phenoxy) is 1. The molecule has 0 atom stereocenters. The molecule has 0 saturated carbocycles. The van der Waals surface area contributed by atoms with Crippen LogP contribution in [0.2, 0.25) is 0 Å². The Kier molecular flexibility index (Phi) is 4.73. The monoisotopic (exact) mass is 203 g/mol.